The number of aliphatic hydroxyl groups is 2. The van der Waals surface area contributed by atoms with Crippen LogP contribution in [-0.4, -0.2) is 34.9 Å². The van der Waals surface area contributed by atoms with Crippen molar-refractivity contribution < 1.29 is 15.0 Å². The Morgan fingerprint density at radius 1 is 1.19 bits per heavy atom. The third kappa shape index (κ3) is 4.29. The second-order valence-corrected chi connectivity index (χ2v) is 5.71. The van der Waals surface area contributed by atoms with E-state index in [4.69, 9.17) is 0 Å². The van der Waals surface area contributed by atoms with Gasteiger partial charge in [-0.1, -0.05) is 57.5 Å². The molecule has 1 rings (SSSR count). The first-order valence-electron chi connectivity index (χ1n) is 7.62. The lowest BCUT2D eigenvalue weighted by Crippen LogP contribution is -2.55. The van der Waals surface area contributed by atoms with Crippen LogP contribution in [0.3, 0.4) is 0 Å². The van der Waals surface area contributed by atoms with Crippen molar-refractivity contribution >= 4 is 5.91 Å². The summed E-state index contributed by atoms with van der Waals surface area (Å²) >= 11 is 0. The molecular formula is C17H27NO3. The van der Waals surface area contributed by atoms with Gasteiger partial charge in [-0.3, -0.25) is 4.79 Å². The van der Waals surface area contributed by atoms with E-state index in [2.05, 4.69) is 12.2 Å². The van der Waals surface area contributed by atoms with Crippen molar-refractivity contribution in [2.45, 2.75) is 45.1 Å². The minimum atomic E-state index is -0.947. The zero-order chi connectivity index (χ0) is 15.9. The second kappa shape index (κ2) is 8.15. The lowest BCUT2D eigenvalue weighted by Gasteiger charge is -2.33. The van der Waals surface area contributed by atoms with Gasteiger partial charge in [0.05, 0.1) is 24.7 Å². The number of hydrogen-bond acceptors (Lipinski definition) is 3. The molecule has 0 aliphatic carbocycles. The molecule has 0 bridgehead atoms. The molecule has 21 heavy (non-hydrogen) atoms. The molecule has 0 fully saturated rings. The standard InChI is InChI=1S/C17H27NO3/c1-4-13(3)15(14-9-7-6-8-10-14)16(21)18-17(5-2,11-19)12-20/h6-10,13,15,19-20H,4-5,11-12H2,1-3H3,(H,18,21). The van der Waals surface area contributed by atoms with Gasteiger partial charge in [0.2, 0.25) is 5.91 Å². The number of aliphatic hydroxyl groups excluding tert-OH is 2. The number of benzene rings is 1. The predicted molar refractivity (Wildman–Crippen MR) is 84.0 cm³/mol. The van der Waals surface area contributed by atoms with Crippen LogP contribution in [0.25, 0.3) is 0 Å². The molecule has 1 aromatic carbocycles. The van der Waals surface area contributed by atoms with E-state index in [1.54, 1.807) is 0 Å². The summed E-state index contributed by atoms with van der Waals surface area (Å²) in [4.78, 5) is 12.7. The quantitative estimate of drug-likeness (QED) is 0.687. The van der Waals surface area contributed by atoms with Gasteiger partial charge in [-0.25, -0.2) is 0 Å². The van der Waals surface area contributed by atoms with E-state index in [9.17, 15) is 15.0 Å². The molecule has 0 aliphatic heterocycles. The van der Waals surface area contributed by atoms with Gasteiger partial charge in [0, 0.05) is 0 Å². The third-order valence-corrected chi connectivity index (χ3v) is 4.32. The Hall–Kier alpha value is -1.39. The highest BCUT2D eigenvalue weighted by Gasteiger charge is 2.33. The van der Waals surface area contributed by atoms with Crippen LogP contribution in [0.4, 0.5) is 0 Å². The van der Waals surface area contributed by atoms with Crippen LogP contribution >= 0.6 is 0 Å². The first-order valence-corrected chi connectivity index (χ1v) is 7.62. The molecule has 0 aliphatic rings. The maximum Gasteiger partial charge on any atom is 0.228 e. The van der Waals surface area contributed by atoms with E-state index >= 15 is 0 Å². The van der Waals surface area contributed by atoms with E-state index in [-0.39, 0.29) is 31.0 Å². The Bertz CT molecular complexity index is 421. The highest BCUT2D eigenvalue weighted by atomic mass is 16.3. The van der Waals surface area contributed by atoms with Crippen LogP contribution in [-0.2, 0) is 4.79 Å². The molecule has 0 radical (unpaired) electrons. The predicted octanol–water partition coefficient (Wildman–Crippen LogP) is 2.07. The highest BCUT2D eigenvalue weighted by molar-refractivity contribution is 5.84. The van der Waals surface area contributed by atoms with Crippen LogP contribution in [0.15, 0.2) is 30.3 Å². The van der Waals surface area contributed by atoms with E-state index in [1.165, 1.54) is 0 Å². The highest BCUT2D eigenvalue weighted by Crippen LogP contribution is 2.28. The van der Waals surface area contributed by atoms with Crippen molar-refractivity contribution in [3.63, 3.8) is 0 Å². The molecule has 1 aromatic rings. The van der Waals surface area contributed by atoms with Crippen LogP contribution in [0.1, 0.15) is 45.1 Å². The fraction of sp³-hybridized carbons (Fsp3) is 0.588. The van der Waals surface area contributed by atoms with Gasteiger partial charge in [0.1, 0.15) is 0 Å². The van der Waals surface area contributed by atoms with Gasteiger partial charge in [0.25, 0.3) is 0 Å². The van der Waals surface area contributed by atoms with E-state index < -0.39 is 5.54 Å². The van der Waals surface area contributed by atoms with Crippen LogP contribution in [0, 0.1) is 5.92 Å². The monoisotopic (exact) mass is 293 g/mol. The maximum atomic E-state index is 12.7. The summed E-state index contributed by atoms with van der Waals surface area (Å²) in [6.07, 6.45) is 1.36. The fourth-order valence-electron chi connectivity index (χ4n) is 2.41. The lowest BCUT2D eigenvalue weighted by atomic mass is 9.84. The van der Waals surface area contributed by atoms with Gasteiger partial charge in [-0.05, 0) is 17.9 Å². The minimum absolute atomic E-state index is 0.138. The topological polar surface area (TPSA) is 69.6 Å². The van der Waals surface area contributed by atoms with Gasteiger partial charge in [0.15, 0.2) is 0 Å². The Morgan fingerprint density at radius 3 is 2.19 bits per heavy atom. The first-order chi connectivity index (χ1) is 10.0. The number of rotatable bonds is 8. The van der Waals surface area contributed by atoms with Crippen molar-refractivity contribution in [2.24, 2.45) is 5.92 Å². The van der Waals surface area contributed by atoms with Gasteiger partial charge in [-0.15, -0.1) is 0 Å². The smallest absolute Gasteiger partial charge is 0.228 e. The summed E-state index contributed by atoms with van der Waals surface area (Å²) in [5.41, 5.74) is 0.0163. The normalized spacial score (nSPS) is 14.5. The lowest BCUT2D eigenvalue weighted by molar-refractivity contribution is -0.127. The van der Waals surface area contributed by atoms with E-state index in [0.717, 1.165) is 12.0 Å². The number of carbonyl (C=O) groups excluding carboxylic acids is 1. The molecule has 0 saturated carbocycles. The molecule has 2 atom stereocenters. The SMILES string of the molecule is CCC(C)C(C(=O)NC(CC)(CO)CO)c1ccccc1. The summed E-state index contributed by atoms with van der Waals surface area (Å²) in [6.45, 7) is 5.40. The zero-order valence-electron chi connectivity index (χ0n) is 13.2. The van der Waals surface area contributed by atoms with Crippen LogP contribution < -0.4 is 5.32 Å². The molecule has 0 heterocycles. The van der Waals surface area contributed by atoms with Crippen molar-refractivity contribution in [3.8, 4) is 0 Å². The van der Waals surface area contributed by atoms with Crippen molar-refractivity contribution in [2.75, 3.05) is 13.2 Å². The average molecular weight is 293 g/mol. The second-order valence-electron chi connectivity index (χ2n) is 5.71. The molecule has 4 nitrogen and oxygen atoms in total. The molecule has 0 spiro atoms. The van der Waals surface area contributed by atoms with E-state index in [1.807, 2.05) is 44.2 Å². The summed E-state index contributed by atoms with van der Waals surface area (Å²) < 4.78 is 0. The van der Waals surface area contributed by atoms with Crippen molar-refractivity contribution in [1.29, 1.82) is 0 Å². The molecule has 4 heteroatoms. The molecule has 0 aromatic heterocycles. The Labute approximate surface area is 127 Å². The number of nitrogens with one attached hydrogen (secondary N) is 1. The number of carbonyl (C=O) groups is 1. The summed E-state index contributed by atoms with van der Waals surface area (Å²) in [5, 5.41) is 21.9. The zero-order valence-corrected chi connectivity index (χ0v) is 13.2. The molecule has 1 amide bonds. The van der Waals surface area contributed by atoms with Gasteiger partial charge < -0.3 is 15.5 Å². The summed E-state index contributed by atoms with van der Waals surface area (Å²) in [5.74, 6) is -0.236. The first kappa shape index (κ1) is 17.7. The van der Waals surface area contributed by atoms with Crippen molar-refractivity contribution in [1.82, 2.24) is 5.32 Å². The Kier molecular flexibility index (Phi) is 6.85. The number of hydrogen-bond donors (Lipinski definition) is 3. The largest absolute Gasteiger partial charge is 0.394 e. The van der Waals surface area contributed by atoms with E-state index in [0.29, 0.717) is 6.42 Å². The molecule has 3 N–H and O–H groups in total. The molecule has 2 unspecified atom stereocenters. The molecule has 118 valence electrons. The van der Waals surface area contributed by atoms with Crippen LogP contribution in [0.5, 0.6) is 0 Å². The van der Waals surface area contributed by atoms with Crippen LogP contribution in [0.2, 0.25) is 0 Å². The Balaban J connectivity index is 3.02. The Morgan fingerprint density at radius 2 is 1.76 bits per heavy atom. The number of amides is 1. The third-order valence-electron chi connectivity index (χ3n) is 4.32. The molecule has 0 saturated heterocycles. The van der Waals surface area contributed by atoms with Crippen molar-refractivity contribution in [3.05, 3.63) is 35.9 Å². The fourth-order valence-corrected chi connectivity index (χ4v) is 2.41. The maximum absolute atomic E-state index is 12.7. The van der Waals surface area contributed by atoms with Gasteiger partial charge in [-0.2, -0.15) is 0 Å². The summed E-state index contributed by atoms with van der Waals surface area (Å²) in [7, 11) is 0. The van der Waals surface area contributed by atoms with Gasteiger partial charge >= 0.3 is 0 Å². The minimum Gasteiger partial charge on any atom is -0.394 e. The molecular weight excluding hydrogens is 266 g/mol. The summed E-state index contributed by atoms with van der Waals surface area (Å²) in [6, 6.07) is 9.66. The average Bonchev–Trinajstić information content (AvgIpc) is 2.53.